The van der Waals surface area contributed by atoms with Crippen LogP contribution in [0.25, 0.3) is 0 Å². The summed E-state index contributed by atoms with van der Waals surface area (Å²) in [4.78, 5) is 0. The minimum Gasteiger partial charge on any atom is -0.388 e. The van der Waals surface area contributed by atoms with Crippen molar-refractivity contribution in [1.82, 2.24) is 5.32 Å². The summed E-state index contributed by atoms with van der Waals surface area (Å²) in [6, 6.07) is 0.296. The molecule has 13 heavy (non-hydrogen) atoms. The van der Waals surface area contributed by atoms with Crippen molar-refractivity contribution in [3.63, 3.8) is 0 Å². The molecule has 0 amide bonds. The Labute approximate surface area is 80.7 Å². The maximum absolute atomic E-state index is 10.4. The largest absolute Gasteiger partial charge is 0.388 e. The van der Waals surface area contributed by atoms with Gasteiger partial charge in [0.15, 0.2) is 0 Å². The molecule has 3 aliphatic carbocycles. The molecule has 0 saturated heterocycles. The molecule has 0 spiro atoms. The molecule has 2 heteroatoms. The lowest BCUT2D eigenvalue weighted by molar-refractivity contribution is -0.208. The average Bonchev–Trinajstić information content (AvgIpc) is 2.01. The van der Waals surface area contributed by atoms with Gasteiger partial charge < -0.3 is 10.4 Å². The highest BCUT2D eigenvalue weighted by Crippen LogP contribution is 2.62. The molecule has 0 radical (unpaired) electrons. The molecule has 2 nitrogen and oxygen atoms in total. The first-order valence-corrected chi connectivity index (χ1v) is 5.30. The van der Waals surface area contributed by atoms with Crippen LogP contribution in [0.1, 0.15) is 33.6 Å². The smallest absolute Gasteiger partial charge is 0.0805 e. The Morgan fingerprint density at radius 1 is 1.23 bits per heavy atom. The normalized spacial score (nSPS) is 52.8. The molecule has 2 bridgehead atoms. The van der Waals surface area contributed by atoms with Crippen LogP contribution in [0.2, 0.25) is 0 Å². The lowest BCUT2D eigenvalue weighted by Crippen LogP contribution is -2.69. The Hall–Kier alpha value is -0.0800. The number of nitrogens with one attached hydrogen (secondary N) is 1. The van der Waals surface area contributed by atoms with E-state index in [1.807, 2.05) is 14.0 Å². The quantitative estimate of drug-likeness (QED) is 0.644. The molecule has 3 rings (SSSR count). The van der Waals surface area contributed by atoms with Gasteiger partial charge in [-0.15, -0.1) is 0 Å². The minimum absolute atomic E-state index is 0.296. The molecular formula is C11H21NO. The zero-order chi connectivity index (χ0) is 9.85. The molecule has 0 aromatic heterocycles. The highest BCUT2D eigenvalue weighted by atomic mass is 16.3. The van der Waals surface area contributed by atoms with Crippen LogP contribution in [0.3, 0.4) is 0 Å². The van der Waals surface area contributed by atoms with Crippen molar-refractivity contribution in [3.05, 3.63) is 0 Å². The maximum atomic E-state index is 10.4. The third-order valence-corrected chi connectivity index (χ3v) is 4.75. The molecule has 76 valence electrons. The Morgan fingerprint density at radius 2 is 1.85 bits per heavy atom. The van der Waals surface area contributed by atoms with Gasteiger partial charge in [0.1, 0.15) is 0 Å². The summed E-state index contributed by atoms with van der Waals surface area (Å²) in [5.41, 5.74) is -0.149. The van der Waals surface area contributed by atoms with E-state index in [2.05, 4.69) is 19.2 Å². The van der Waals surface area contributed by atoms with Crippen molar-refractivity contribution < 1.29 is 5.11 Å². The Bertz CT molecular complexity index is 222. The summed E-state index contributed by atoms with van der Waals surface area (Å²) in [6.45, 7) is 6.59. The first kappa shape index (κ1) is 9.47. The molecule has 0 aliphatic heterocycles. The number of rotatable bonds is 1. The third-order valence-electron chi connectivity index (χ3n) is 4.75. The Balaban J connectivity index is 2.23. The molecule has 0 aromatic carbocycles. The third kappa shape index (κ3) is 1.02. The van der Waals surface area contributed by atoms with E-state index < -0.39 is 5.60 Å². The van der Waals surface area contributed by atoms with Gasteiger partial charge in [-0.25, -0.2) is 0 Å². The molecular weight excluding hydrogens is 162 g/mol. The van der Waals surface area contributed by atoms with Gasteiger partial charge in [-0.05, 0) is 44.1 Å². The van der Waals surface area contributed by atoms with Crippen LogP contribution in [-0.4, -0.2) is 23.8 Å². The monoisotopic (exact) mass is 183 g/mol. The van der Waals surface area contributed by atoms with Gasteiger partial charge in [0.2, 0.25) is 0 Å². The predicted octanol–water partition coefficient (Wildman–Crippen LogP) is 1.39. The zero-order valence-corrected chi connectivity index (χ0v) is 9.09. The van der Waals surface area contributed by atoms with Crippen molar-refractivity contribution in [1.29, 1.82) is 0 Å². The van der Waals surface area contributed by atoms with Gasteiger partial charge in [0, 0.05) is 6.04 Å². The van der Waals surface area contributed by atoms with Crippen LogP contribution >= 0.6 is 0 Å². The number of aliphatic hydroxyl groups is 1. The van der Waals surface area contributed by atoms with Crippen molar-refractivity contribution >= 4 is 0 Å². The van der Waals surface area contributed by atoms with E-state index >= 15 is 0 Å². The number of hydrogen-bond acceptors (Lipinski definition) is 2. The van der Waals surface area contributed by atoms with Crippen LogP contribution in [-0.2, 0) is 0 Å². The summed E-state index contributed by atoms with van der Waals surface area (Å²) in [6.07, 6.45) is 2.35. The van der Waals surface area contributed by atoms with Crippen LogP contribution in [0.5, 0.6) is 0 Å². The second kappa shape index (κ2) is 2.48. The first-order valence-electron chi connectivity index (χ1n) is 5.30. The van der Waals surface area contributed by atoms with E-state index in [-0.39, 0.29) is 0 Å². The van der Waals surface area contributed by atoms with E-state index in [0.717, 1.165) is 12.3 Å². The van der Waals surface area contributed by atoms with E-state index in [1.54, 1.807) is 0 Å². The van der Waals surface area contributed by atoms with Crippen LogP contribution in [0.4, 0.5) is 0 Å². The number of hydrogen-bond donors (Lipinski definition) is 2. The Morgan fingerprint density at radius 3 is 2.23 bits per heavy atom. The van der Waals surface area contributed by atoms with E-state index in [9.17, 15) is 5.11 Å². The van der Waals surface area contributed by atoms with Gasteiger partial charge in [-0.2, -0.15) is 0 Å². The van der Waals surface area contributed by atoms with E-state index in [0.29, 0.717) is 17.4 Å². The van der Waals surface area contributed by atoms with Crippen molar-refractivity contribution in [2.75, 3.05) is 7.05 Å². The molecule has 2 N–H and O–H groups in total. The molecule has 3 fully saturated rings. The molecule has 0 aromatic rings. The van der Waals surface area contributed by atoms with E-state index in [4.69, 9.17) is 0 Å². The maximum Gasteiger partial charge on any atom is 0.0805 e. The Kier molecular flexibility index (Phi) is 1.81. The minimum atomic E-state index is -0.507. The summed E-state index contributed by atoms with van der Waals surface area (Å²) in [5.74, 6) is 1.30. The lowest BCUT2D eigenvalue weighted by Gasteiger charge is -2.65. The van der Waals surface area contributed by atoms with Gasteiger partial charge in [-0.3, -0.25) is 0 Å². The molecule has 0 unspecified atom stereocenters. The second-order valence-electron chi connectivity index (χ2n) is 5.61. The summed E-state index contributed by atoms with van der Waals surface area (Å²) in [5, 5.41) is 13.7. The topological polar surface area (TPSA) is 32.3 Å². The summed E-state index contributed by atoms with van der Waals surface area (Å²) < 4.78 is 0. The fraction of sp³-hybridized carbons (Fsp3) is 1.00. The van der Waals surface area contributed by atoms with E-state index in [1.165, 1.54) is 6.42 Å². The standard InChI is InChI=1S/C11H21NO/c1-10(2)7-5-8(10)11(3,13)9(6-7)12-4/h7-9,12-13H,5-6H2,1-4H3/t7-,8-,9+,11-/m1/s1. The fourth-order valence-electron chi connectivity index (χ4n) is 3.58. The van der Waals surface area contributed by atoms with Gasteiger partial charge in [-0.1, -0.05) is 13.8 Å². The van der Waals surface area contributed by atoms with Crippen molar-refractivity contribution in [2.45, 2.75) is 45.3 Å². The van der Waals surface area contributed by atoms with Gasteiger partial charge in [0.25, 0.3) is 0 Å². The van der Waals surface area contributed by atoms with Crippen molar-refractivity contribution in [2.24, 2.45) is 17.3 Å². The second-order valence-corrected chi connectivity index (χ2v) is 5.61. The van der Waals surface area contributed by atoms with Gasteiger partial charge >= 0.3 is 0 Å². The summed E-state index contributed by atoms with van der Waals surface area (Å²) >= 11 is 0. The molecule has 3 aliphatic rings. The van der Waals surface area contributed by atoms with Crippen LogP contribution in [0.15, 0.2) is 0 Å². The van der Waals surface area contributed by atoms with Crippen LogP contribution < -0.4 is 5.32 Å². The van der Waals surface area contributed by atoms with Crippen LogP contribution in [0, 0.1) is 17.3 Å². The SMILES string of the molecule is CN[C@H]1C[C@H]2C[C@H](C2(C)C)[C@@]1(C)O. The highest BCUT2D eigenvalue weighted by Gasteiger charge is 2.62. The first-order chi connectivity index (χ1) is 5.90. The fourth-order valence-corrected chi connectivity index (χ4v) is 3.58. The van der Waals surface area contributed by atoms with Crippen molar-refractivity contribution in [3.8, 4) is 0 Å². The van der Waals surface area contributed by atoms with Gasteiger partial charge in [0.05, 0.1) is 5.60 Å². The number of likely N-dealkylation sites (N-methyl/N-ethyl adjacent to an activating group) is 1. The molecule has 0 heterocycles. The average molecular weight is 183 g/mol. The molecule has 4 atom stereocenters. The predicted molar refractivity (Wildman–Crippen MR) is 53.5 cm³/mol. The molecule has 3 saturated carbocycles. The zero-order valence-electron chi connectivity index (χ0n) is 9.09. The summed E-state index contributed by atoms with van der Waals surface area (Å²) in [7, 11) is 1.96. The number of fused-ring (bicyclic) bond motifs is 2. The highest BCUT2D eigenvalue weighted by molar-refractivity contribution is 5.14. The lowest BCUT2D eigenvalue weighted by atomic mass is 9.43.